The van der Waals surface area contributed by atoms with E-state index in [4.69, 9.17) is 0 Å². The number of hydrogen-bond donors (Lipinski definition) is 1. The van der Waals surface area contributed by atoms with Crippen molar-refractivity contribution in [3.05, 3.63) is 50.6 Å². The number of anilines is 1. The average molecular weight is 367 g/mol. The summed E-state index contributed by atoms with van der Waals surface area (Å²) in [5.41, 5.74) is 3.90. The third-order valence-electron chi connectivity index (χ3n) is 3.30. The molecule has 0 fully saturated rings. The summed E-state index contributed by atoms with van der Waals surface area (Å²) in [7, 11) is 2.13. The fourth-order valence-electron chi connectivity index (χ4n) is 2.22. The molecular weight excluding hydrogens is 344 g/mol. The second-order valence-corrected chi connectivity index (χ2v) is 7.43. The lowest BCUT2D eigenvalue weighted by Gasteiger charge is -2.21. The fraction of sp³-hybridized carbons (Fsp3) is 0.412. The zero-order chi connectivity index (χ0) is 15.2. The van der Waals surface area contributed by atoms with Crippen LogP contribution in [0.2, 0.25) is 0 Å². The standard InChI is InChI=1S/C17H23BrN2S/c1-13(2)9-19-10-14-4-5-17(16(18)8-14)20(3)11-15-6-7-21-12-15/h4-8,12-13,19H,9-11H2,1-3H3. The molecule has 4 heteroatoms. The quantitative estimate of drug-likeness (QED) is 0.749. The highest BCUT2D eigenvalue weighted by atomic mass is 79.9. The molecule has 2 rings (SSSR count). The van der Waals surface area contributed by atoms with E-state index in [0.717, 1.165) is 24.1 Å². The summed E-state index contributed by atoms with van der Waals surface area (Å²) in [6.07, 6.45) is 0. The van der Waals surface area contributed by atoms with Gasteiger partial charge in [0.05, 0.1) is 5.69 Å². The van der Waals surface area contributed by atoms with E-state index in [1.165, 1.54) is 16.8 Å². The molecule has 0 aliphatic rings. The summed E-state index contributed by atoms with van der Waals surface area (Å²) >= 11 is 5.45. The van der Waals surface area contributed by atoms with E-state index in [2.05, 4.69) is 82.1 Å². The van der Waals surface area contributed by atoms with E-state index >= 15 is 0 Å². The Balaban J connectivity index is 1.98. The summed E-state index contributed by atoms with van der Waals surface area (Å²) in [5, 5.41) is 7.81. The van der Waals surface area contributed by atoms with Crippen LogP contribution in [0.15, 0.2) is 39.5 Å². The van der Waals surface area contributed by atoms with Crippen LogP contribution in [0.3, 0.4) is 0 Å². The highest BCUT2D eigenvalue weighted by molar-refractivity contribution is 9.10. The Morgan fingerprint density at radius 1 is 1.24 bits per heavy atom. The van der Waals surface area contributed by atoms with Crippen LogP contribution in [-0.4, -0.2) is 13.6 Å². The lowest BCUT2D eigenvalue weighted by atomic mass is 10.1. The van der Waals surface area contributed by atoms with Gasteiger partial charge in [-0.05, 0) is 68.5 Å². The van der Waals surface area contributed by atoms with Crippen molar-refractivity contribution in [1.29, 1.82) is 0 Å². The highest BCUT2D eigenvalue weighted by Crippen LogP contribution is 2.28. The van der Waals surface area contributed by atoms with E-state index in [-0.39, 0.29) is 0 Å². The summed E-state index contributed by atoms with van der Waals surface area (Å²) < 4.78 is 1.16. The Labute approximate surface area is 140 Å². The first-order chi connectivity index (χ1) is 10.1. The topological polar surface area (TPSA) is 15.3 Å². The molecule has 114 valence electrons. The van der Waals surface area contributed by atoms with Gasteiger partial charge in [-0.15, -0.1) is 0 Å². The van der Waals surface area contributed by atoms with Gasteiger partial charge in [0.15, 0.2) is 0 Å². The molecule has 0 spiro atoms. The first kappa shape index (κ1) is 16.5. The fourth-order valence-corrected chi connectivity index (χ4v) is 3.61. The Bertz CT molecular complexity index is 552. The predicted octanol–water partition coefficient (Wildman–Crippen LogP) is 4.89. The zero-order valence-electron chi connectivity index (χ0n) is 12.9. The van der Waals surface area contributed by atoms with Crippen LogP contribution < -0.4 is 10.2 Å². The Kier molecular flexibility index (Phi) is 6.27. The molecule has 2 aromatic rings. The molecule has 0 radical (unpaired) electrons. The van der Waals surface area contributed by atoms with Crippen molar-refractivity contribution in [3.8, 4) is 0 Å². The number of rotatable bonds is 7. The van der Waals surface area contributed by atoms with Crippen LogP contribution in [0.5, 0.6) is 0 Å². The minimum Gasteiger partial charge on any atom is -0.369 e. The maximum absolute atomic E-state index is 3.71. The Hall–Kier alpha value is -0.840. The van der Waals surface area contributed by atoms with Gasteiger partial charge in [0, 0.05) is 24.6 Å². The molecule has 21 heavy (non-hydrogen) atoms. The second-order valence-electron chi connectivity index (χ2n) is 5.80. The normalized spacial score (nSPS) is 11.1. The Morgan fingerprint density at radius 2 is 2.05 bits per heavy atom. The molecule has 0 bridgehead atoms. The second kappa shape index (κ2) is 7.97. The number of nitrogens with zero attached hydrogens (tertiary/aromatic N) is 1. The molecule has 1 aromatic carbocycles. The number of thiophene rings is 1. The largest absolute Gasteiger partial charge is 0.369 e. The van der Waals surface area contributed by atoms with E-state index in [9.17, 15) is 0 Å². The predicted molar refractivity (Wildman–Crippen MR) is 97.1 cm³/mol. The number of halogens is 1. The monoisotopic (exact) mass is 366 g/mol. The van der Waals surface area contributed by atoms with Crippen LogP contribution in [-0.2, 0) is 13.1 Å². The van der Waals surface area contributed by atoms with Gasteiger partial charge in [-0.3, -0.25) is 0 Å². The molecule has 0 unspecified atom stereocenters. The maximum atomic E-state index is 3.71. The summed E-state index contributed by atoms with van der Waals surface area (Å²) in [4.78, 5) is 2.28. The van der Waals surface area contributed by atoms with Crippen molar-refractivity contribution < 1.29 is 0 Å². The highest BCUT2D eigenvalue weighted by Gasteiger charge is 2.08. The van der Waals surface area contributed by atoms with Crippen molar-refractivity contribution in [2.45, 2.75) is 26.9 Å². The average Bonchev–Trinajstić information content (AvgIpc) is 2.91. The molecule has 0 atom stereocenters. The lowest BCUT2D eigenvalue weighted by Crippen LogP contribution is -2.19. The van der Waals surface area contributed by atoms with Gasteiger partial charge in [0.1, 0.15) is 0 Å². The summed E-state index contributed by atoms with van der Waals surface area (Å²) in [6.45, 7) is 7.37. The van der Waals surface area contributed by atoms with Crippen LogP contribution in [0.1, 0.15) is 25.0 Å². The third kappa shape index (κ3) is 5.13. The van der Waals surface area contributed by atoms with E-state index in [1.54, 1.807) is 11.3 Å². The van der Waals surface area contributed by atoms with Gasteiger partial charge >= 0.3 is 0 Å². The minimum atomic E-state index is 0.685. The van der Waals surface area contributed by atoms with Gasteiger partial charge in [0.2, 0.25) is 0 Å². The molecule has 0 amide bonds. The van der Waals surface area contributed by atoms with Crippen molar-refractivity contribution in [2.75, 3.05) is 18.5 Å². The molecule has 0 aliphatic carbocycles. The van der Waals surface area contributed by atoms with E-state index in [1.807, 2.05) is 0 Å². The third-order valence-corrected chi connectivity index (χ3v) is 4.67. The molecule has 2 nitrogen and oxygen atoms in total. The van der Waals surface area contributed by atoms with Crippen molar-refractivity contribution in [1.82, 2.24) is 5.32 Å². The molecule has 1 heterocycles. The molecule has 1 N–H and O–H groups in total. The molecule has 0 aliphatic heterocycles. The molecule has 1 aromatic heterocycles. The SMILES string of the molecule is CC(C)CNCc1ccc(N(C)Cc2ccsc2)c(Br)c1. The molecular formula is C17H23BrN2S. The van der Waals surface area contributed by atoms with Gasteiger partial charge in [0.25, 0.3) is 0 Å². The van der Waals surface area contributed by atoms with Crippen molar-refractivity contribution >= 4 is 33.0 Å². The number of benzene rings is 1. The van der Waals surface area contributed by atoms with E-state index in [0.29, 0.717) is 5.92 Å². The maximum Gasteiger partial charge on any atom is 0.0511 e. The van der Waals surface area contributed by atoms with Gasteiger partial charge in [-0.1, -0.05) is 19.9 Å². The van der Waals surface area contributed by atoms with Crippen LogP contribution in [0.25, 0.3) is 0 Å². The molecule has 0 saturated carbocycles. The van der Waals surface area contributed by atoms with Crippen molar-refractivity contribution in [3.63, 3.8) is 0 Å². The summed E-state index contributed by atoms with van der Waals surface area (Å²) in [6, 6.07) is 8.80. The van der Waals surface area contributed by atoms with E-state index < -0.39 is 0 Å². The number of nitrogens with one attached hydrogen (secondary N) is 1. The first-order valence-corrected chi connectivity index (χ1v) is 9.01. The van der Waals surface area contributed by atoms with Crippen LogP contribution >= 0.6 is 27.3 Å². The zero-order valence-corrected chi connectivity index (χ0v) is 15.3. The van der Waals surface area contributed by atoms with Crippen LogP contribution in [0, 0.1) is 5.92 Å². The number of hydrogen-bond acceptors (Lipinski definition) is 3. The minimum absolute atomic E-state index is 0.685. The lowest BCUT2D eigenvalue weighted by molar-refractivity contribution is 0.552. The molecule has 0 saturated heterocycles. The first-order valence-electron chi connectivity index (χ1n) is 7.27. The van der Waals surface area contributed by atoms with Crippen LogP contribution in [0.4, 0.5) is 5.69 Å². The summed E-state index contributed by atoms with van der Waals surface area (Å²) in [5.74, 6) is 0.685. The Morgan fingerprint density at radius 3 is 2.67 bits per heavy atom. The van der Waals surface area contributed by atoms with Gasteiger partial charge < -0.3 is 10.2 Å². The smallest absolute Gasteiger partial charge is 0.0511 e. The van der Waals surface area contributed by atoms with Gasteiger partial charge in [-0.2, -0.15) is 11.3 Å². The van der Waals surface area contributed by atoms with Crippen molar-refractivity contribution in [2.24, 2.45) is 5.92 Å². The van der Waals surface area contributed by atoms with Gasteiger partial charge in [-0.25, -0.2) is 0 Å².